The summed E-state index contributed by atoms with van der Waals surface area (Å²) >= 11 is 6.92. The third-order valence-electron chi connectivity index (χ3n) is 4.70. The molecule has 0 atom stereocenters. The van der Waals surface area contributed by atoms with E-state index < -0.39 is 0 Å². The van der Waals surface area contributed by atoms with Gasteiger partial charge in [-0.2, -0.15) is 0 Å². The van der Waals surface area contributed by atoms with Gasteiger partial charge in [0.05, 0.1) is 23.8 Å². The fourth-order valence-corrected chi connectivity index (χ4v) is 4.59. The van der Waals surface area contributed by atoms with Crippen LogP contribution in [0.1, 0.15) is 16.9 Å². The van der Waals surface area contributed by atoms with E-state index in [0.717, 1.165) is 67.5 Å². The predicted octanol–water partition coefficient (Wildman–Crippen LogP) is 3.96. The number of hydrogen-bond acceptors (Lipinski definition) is 6. The highest BCUT2D eigenvalue weighted by molar-refractivity contribution is 7.73. The van der Waals surface area contributed by atoms with Gasteiger partial charge in [-0.05, 0) is 30.8 Å². The zero-order valence-corrected chi connectivity index (χ0v) is 16.1. The van der Waals surface area contributed by atoms with Crippen molar-refractivity contribution in [3.63, 3.8) is 0 Å². The Morgan fingerprint density at radius 2 is 2.04 bits per heavy atom. The minimum atomic E-state index is 0.257. The van der Waals surface area contributed by atoms with E-state index in [0.29, 0.717) is 3.95 Å². The van der Waals surface area contributed by atoms with Crippen molar-refractivity contribution in [3.05, 3.63) is 38.7 Å². The van der Waals surface area contributed by atoms with E-state index in [1.807, 2.05) is 41.1 Å². The van der Waals surface area contributed by atoms with Gasteiger partial charge in [0, 0.05) is 43.5 Å². The van der Waals surface area contributed by atoms with Crippen molar-refractivity contribution in [3.8, 4) is 5.88 Å². The highest BCUT2D eigenvalue weighted by Gasteiger charge is 2.16. The molecular weight excluding hydrogens is 366 g/mol. The van der Waals surface area contributed by atoms with Gasteiger partial charge >= 0.3 is 0 Å². The molecule has 1 aromatic carbocycles. The number of benzene rings is 1. The van der Waals surface area contributed by atoms with E-state index in [9.17, 15) is 5.11 Å². The minimum Gasteiger partial charge on any atom is -0.493 e. The van der Waals surface area contributed by atoms with Crippen LogP contribution in [0, 0.1) is 3.95 Å². The normalized spacial score (nSPS) is 18.5. The number of ether oxygens (including phenoxy) is 1. The molecule has 2 aliphatic rings. The Morgan fingerprint density at radius 3 is 2.88 bits per heavy atom. The molecule has 0 saturated carbocycles. The van der Waals surface area contributed by atoms with Crippen molar-refractivity contribution < 1.29 is 9.84 Å². The van der Waals surface area contributed by atoms with Crippen molar-refractivity contribution in [2.24, 2.45) is 4.99 Å². The maximum Gasteiger partial charge on any atom is 0.210 e. The van der Waals surface area contributed by atoms with E-state index >= 15 is 0 Å². The molecular formula is C19H21N3O2S2. The molecule has 7 heteroatoms. The molecule has 1 saturated heterocycles. The van der Waals surface area contributed by atoms with Gasteiger partial charge < -0.3 is 9.84 Å². The lowest BCUT2D eigenvalue weighted by Crippen LogP contribution is -2.37. The van der Waals surface area contributed by atoms with Crippen LogP contribution in [0.5, 0.6) is 5.88 Å². The summed E-state index contributed by atoms with van der Waals surface area (Å²) < 4.78 is 7.92. The second-order valence-corrected chi connectivity index (χ2v) is 8.07. The van der Waals surface area contributed by atoms with Crippen LogP contribution < -0.4 is 0 Å². The third kappa shape index (κ3) is 3.66. The first-order valence-electron chi connectivity index (χ1n) is 8.80. The number of hydrogen-bond donors (Lipinski definition) is 1. The number of aliphatic imine (C=N–C) groups is 1. The molecule has 4 rings (SSSR count). The van der Waals surface area contributed by atoms with Gasteiger partial charge in [-0.3, -0.25) is 14.5 Å². The molecule has 2 aromatic rings. The lowest BCUT2D eigenvalue weighted by molar-refractivity contribution is 0.0368. The molecule has 0 unspecified atom stereocenters. The molecule has 2 aliphatic heterocycles. The van der Waals surface area contributed by atoms with Crippen molar-refractivity contribution in [2.45, 2.75) is 13.0 Å². The van der Waals surface area contributed by atoms with Gasteiger partial charge in [-0.15, -0.1) is 11.3 Å². The number of morpholine rings is 1. The molecule has 1 fully saturated rings. The van der Waals surface area contributed by atoms with Crippen molar-refractivity contribution in [2.75, 3.05) is 32.8 Å². The van der Waals surface area contributed by atoms with Crippen LogP contribution >= 0.6 is 23.6 Å². The number of aromatic hydroxyl groups is 1. The molecule has 3 heterocycles. The summed E-state index contributed by atoms with van der Waals surface area (Å²) in [5.74, 6) is 0.257. The molecule has 0 amide bonds. The standard InChI is InChI=1S/C19H21N3O2S2/c23-18-17(12-14-13-20-16-5-2-1-4-15(14)16)26-19(25)22(18)7-3-6-21-8-10-24-11-9-21/h1-2,4-5,12-13,23H,3,6-11H2. The molecule has 1 N–H and O–H groups in total. The van der Waals surface area contributed by atoms with Crippen LogP contribution in [-0.2, 0) is 11.3 Å². The van der Waals surface area contributed by atoms with Crippen LogP contribution in [0.2, 0.25) is 0 Å². The Hall–Kier alpha value is -1.80. The summed E-state index contributed by atoms with van der Waals surface area (Å²) in [6.45, 7) is 5.31. The van der Waals surface area contributed by atoms with Crippen LogP contribution in [0.3, 0.4) is 0 Å². The smallest absolute Gasteiger partial charge is 0.210 e. The van der Waals surface area contributed by atoms with Crippen LogP contribution in [0.15, 0.2) is 29.3 Å². The summed E-state index contributed by atoms with van der Waals surface area (Å²) in [7, 11) is 0. The monoisotopic (exact) mass is 387 g/mol. The van der Waals surface area contributed by atoms with Gasteiger partial charge in [-0.25, -0.2) is 0 Å². The topological polar surface area (TPSA) is 50.0 Å². The second-order valence-electron chi connectivity index (χ2n) is 6.39. The van der Waals surface area contributed by atoms with Crippen LogP contribution in [0.25, 0.3) is 11.6 Å². The average molecular weight is 388 g/mol. The van der Waals surface area contributed by atoms with Crippen LogP contribution in [0.4, 0.5) is 5.69 Å². The first-order valence-corrected chi connectivity index (χ1v) is 10.0. The fraction of sp³-hybridized carbons (Fsp3) is 0.368. The summed E-state index contributed by atoms with van der Waals surface area (Å²) in [4.78, 5) is 7.60. The van der Waals surface area contributed by atoms with Gasteiger partial charge in [0.15, 0.2) is 3.95 Å². The van der Waals surface area contributed by atoms with E-state index in [1.54, 1.807) is 0 Å². The van der Waals surface area contributed by atoms with E-state index in [-0.39, 0.29) is 5.88 Å². The first-order chi connectivity index (χ1) is 12.7. The molecule has 5 nitrogen and oxygen atoms in total. The fourth-order valence-electron chi connectivity index (χ4n) is 3.28. The molecule has 136 valence electrons. The average Bonchev–Trinajstić information content (AvgIpc) is 3.19. The second kappa shape index (κ2) is 7.84. The Kier molecular flexibility index (Phi) is 5.31. The Morgan fingerprint density at radius 1 is 1.23 bits per heavy atom. The van der Waals surface area contributed by atoms with E-state index in [2.05, 4.69) is 9.89 Å². The zero-order chi connectivity index (χ0) is 17.9. The van der Waals surface area contributed by atoms with Gasteiger partial charge in [-0.1, -0.05) is 18.2 Å². The molecule has 0 aliphatic carbocycles. The van der Waals surface area contributed by atoms with E-state index in [4.69, 9.17) is 17.0 Å². The lowest BCUT2D eigenvalue weighted by atomic mass is 10.1. The molecule has 0 radical (unpaired) electrons. The third-order valence-corrected chi connectivity index (χ3v) is 6.08. The van der Waals surface area contributed by atoms with Crippen molar-refractivity contribution in [1.29, 1.82) is 0 Å². The summed E-state index contributed by atoms with van der Waals surface area (Å²) in [5, 5.41) is 10.6. The number of allylic oxidation sites excluding steroid dienone is 1. The molecule has 1 aromatic heterocycles. The Labute approximate surface area is 161 Å². The number of nitrogens with zero attached hydrogens (tertiary/aromatic N) is 3. The van der Waals surface area contributed by atoms with E-state index in [1.165, 1.54) is 11.3 Å². The zero-order valence-electron chi connectivity index (χ0n) is 14.4. The van der Waals surface area contributed by atoms with Crippen LogP contribution in [-0.4, -0.2) is 53.6 Å². The summed E-state index contributed by atoms with van der Waals surface area (Å²) in [6, 6.07) is 8.01. The van der Waals surface area contributed by atoms with Gasteiger partial charge in [0.1, 0.15) is 0 Å². The number of rotatable bonds is 5. The minimum absolute atomic E-state index is 0.257. The van der Waals surface area contributed by atoms with Crippen molar-refractivity contribution >= 4 is 47.1 Å². The quantitative estimate of drug-likeness (QED) is 0.789. The number of aromatic nitrogens is 1. The molecule has 0 bridgehead atoms. The number of thiazole rings is 1. The Balaban J connectivity index is 1.48. The largest absolute Gasteiger partial charge is 0.493 e. The van der Waals surface area contributed by atoms with Gasteiger partial charge in [0.2, 0.25) is 5.88 Å². The maximum absolute atomic E-state index is 10.6. The first kappa shape index (κ1) is 17.6. The SMILES string of the molecule is Oc1c(C=C2C=Nc3ccccc32)sc(=S)n1CCCN1CCOCC1. The summed E-state index contributed by atoms with van der Waals surface area (Å²) in [5.41, 5.74) is 3.06. The lowest BCUT2D eigenvalue weighted by Gasteiger charge is -2.26. The number of para-hydroxylation sites is 1. The van der Waals surface area contributed by atoms with Gasteiger partial charge in [0.25, 0.3) is 0 Å². The highest BCUT2D eigenvalue weighted by atomic mass is 32.1. The highest BCUT2D eigenvalue weighted by Crippen LogP contribution is 2.35. The predicted molar refractivity (Wildman–Crippen MR) is 109 cm³/mol. The maximum atomic E-state index is 10.6. The molecule has 0 spiro atoms. The summed E-state index contributed by atoms with van der Waals surface area (Å²) in [6.07, 6.45) is 4.78. The Bertz CT molecular complexity index is 908. The molecule has 26 heavy (non-hydrogen) atoms. The van der Waals surface area contributed by atoms with Crippen molar-refractivity contribution in [1.82, 2.24) is 9.47 Å². The number of fused-ring (bicyclic) bond motifs is 1.